The molecule has 1 fully saturated rings. The molecule has 7 heteroatoms. The Morgan fingerprint density at radius 3 is 2.55 bits per heavy atom. The number of hydrogen-bond acceptors (Lipinski definition) is 5. The topological polar surface area (TPSA) is 75.7 Å². The summed E-state index contributed by atoms with van der Waals surface area (Å²) in [7, 11) is -1.45. The first-order chi connectivity index (χ1) is 9.23. The van der Waals surface area contributed by atoms with E-state index in [0.717, 1.165) is 6.54 Å². The SMILES string of the molecule is COCC(=O)N[C@H]1CN(CCS(C)(=O)=O)C[C@@H]1C(C)C. The molecule has 0 saturated carbocycles. The number of carbonyl (C=O) groups is 1. The van der Waals surface area contributed by atoms with Gasteiger partial charge in [0.25, 0.3) is 0 Å². The molecular formula is C13H26N2O4S. The van der Waals surface area contributed by atoms with Crippen LogP contribution >= 0.6 is 0 Å². The molecule has 0 aromatic rings. The van der Waals surface area contributed by atoms with Crippen LogP contribution in [0.3, 0.4) is 0 Å². The van der Waals surface area contributed by atoms with E-state index in [9.17, 15) is 13.2 Å². The van der Waals surface area contributed by atoms with Crippen molar-refractivity contribution in [1.82, 2.24) is 10.2 Å². The van der Waals surface area contributed by atoms with Crippen LogP contribution in [-0.4, -0.2) is 70.6 Å². The Balaban J connectivity index is 2.57. The predicted octanol–water partition coefficient (Wildman–Crippen LogP) is -0.250. The molecule has 1 amide bonds. The van der Waals surface area contributed by atoms with Crippen LogP contribution in [0, 0.1) is 11.8 Å². The second kappa shape index (κ2) is 7.38. The van der Waals surface area contributed by atoms with Crippen molar-refractivity contribution in [3.63, 3.8) is 0 Å². The minimum absolute atomic E-state index is 0.0602. The van der Waals surface area contributed by atoms with E-state index in [1.165, 1.54) is 13.4 Å². The molecule has 20 heavy (non-hydrogen) atoms. The summed E-state index contributed by atoms with van der Waals surface area (Å²) in [4.78, 5) is 13.8. The zero-order valence-electron chi connectivity index (χ0n) is 12.8. The number of nitrogens with zero attached hydrogens (tertiary/aromatic N) is 1. The minimum Gasteiger partial charge on any atom is -0.375 e. The van der Waals surface area contributed by atoms with E-state index in [2.05, 4.69) is 24.1 Å². The second-order valence-corrected chi connectivity index (χ2v) is 8.16. The third-order valence-electron chi connectivity index (χ3n) is 3.70. The first-order valence-corrected chi connectivity index (χ1v) is 8.97. The van der Waals surface area contributed by atoms with Crippen LogP contribution in [0.15, 0.2) is 0 Å². The summed E-state index contributed by atoms with van der Waals surface area (Å²) in [5.74, 6) is 0.825. The summed E-state index contributed by atoms with van der Waals surface area (Å²) in [6.45, 7) is 6.36. The quantitative estimate of drug-likeness (QED) is 0.702. The third kappa shape index (κ3) is 5.76. The smallest absolute Gasteiger partial charge is 0.246 e. The maximum atomic E-state index is 11.6. The highest BCUT2D eigenvalue weighted by Crippen LogP contribution is 2.24. The highest BCUT2D eigenvalue weighted by molar-refractivity contribution is 7.90. The van der Waals surface area contributed by atoms with Crippen molar-refractivity contribution in [3.8, 4) is 0 Å². The van der Waals surface area contributed by atoms with Gasteiger partial charge in [0.15, 0.2) is 0 Å². The number of carbonyl (C=O) groups excluding carboxylic acids is 1. The Kier molecular flexibility index (Phi) is 6.42. The molecule has 2 atom stereocenters. The maximum absolute atomic E-state index is 11.6. The molecule has 1 N–H and O–H groups in total. The Morgan fingerprint density at radius 1 is 1.40 bits per heavy atom. The van der Waals surface area contributed by atoms with Crippen LogP contribution in [0.4, 0.5) is 0 Å². The van der Waals surface area contributed by atoms with Gasteiger partial charge in [-0.1, -0.05) is 13.8 Å². The van der Waals surface area contributed by atoms with Gasteiger partial charge in [0.05, 0.1) is 5.75 Å². The zero-order chi connectivity index (χ0) is 15.3. The average molecular weight is 306 g/mol. The standard InChI is InChI=1S/C13H26N2O4S/c1-10(2)11-7-15(5-6-20(4,17)18)8-12(11)14-13(16)9-19-3/h10-12H,5-9H2,1-4H3,(H,14,16)/t11-,12+/m1/s1. The summed E-state index contributed by atoms with van der Waals surface area (Å²) in [6, 6.07) is 0.0669. The van der Waals surface area contributed by atoms with Gasteiger partial charge in [0, 0.05) is 39.0 Å². The molecule has 6 nitrogen and oxygen atoms in total. The lowest BCUT2D eigenvalue weighted by Crippen LogP contribution is -2.43. The van der Waals surface area contributed by atoms with Crippen LogP contribution in [0.25, 0.3) is 0 Å². The van der Waals surface area contributed by atoms with Gasteiger partial charge >= 0.3 is 0 Å². The van der Waals surface area contributed by atoms with Gasteiger partial charge in [-0.2, -0.15) is 0 Å². The Hall–Kier alpha value is -0.660. The number of nitrogens with one attached hydrogen (secondary N) is 1. The van der Waals surface area contributed by atoms with E-state index in [0.29, 0.717) is 24.9 Å². The number of methoxy groups -OCH3 is 1. The summed E-state index contributed by atoms with van der Waals surface area (Å²) < 4.78 is 27.3. The number of amides is 1. The number of ether oxygens (including phenoxy) is 1. The Bertz CT molecular complexity index is 422. The number of sulfone groups is 1. The van der Waals surface area contributed by atoms with E-state index < -0.39 is 9.84 Å². The van der Waals surface area contributed by atoms with E-state index in [4.69, 9.17) is 4.74 Å². The van der Waals surface area contributed by atoms with E-state index in [1.807, 2.05) is 0 Å². The van der Waals surface area contributed by atoms with Gasteiger partial charge in [0.1, 0.15) is 16.4 Å². The van der Waals surface area contributed by atoms with Crippen molar-refractivity contribution >= 4 is 15.7 Å². The van der Waals surface area contributed by atoms with E-state index >= 15 is 0 Å². The second-order valence-electron chi connectivity index (χ2n) is 5.90. The maximum Gasteiger partial charge on any atom is 0.246 e. The lowest BCUT2D eigenvalue weighted by molar-refractivity contribution is -0.125. The Morgan fingerprint density at radius 2 is 2.05 bits per heavy atom. The summed E-state index contributed by atoms with van der Waals surface area (Å²) in [6.07, 6.45) is 1.25. The number of likely N-dealkylation sites (tertiary alicyclic amines) is 1. The van der Waals surface area contributed by atoms with Crippen molar-refractivity contribution in [2.75, 3.05) is 45.4 Å². The molecule has 0 spiro atoms. The lowest BCUT2D eigenvalue weighted by Gasteiger charge is -2.22. The largest absolute Gasteiger partial charge is 0.375 e. The molecule has 0 radical (unpaired) electrons. The van der Waals surface area contributed by atoms with Crippen molar-refractivity contribution in [2.45, 2.75) is 19.9 Å². The first-order valence-electron chi connectivity index (χ1n) is 6.91. The molecule has 0 aliphatic carbocycles. The monoisotopic (exact) mass is 306 g/mol. The molecule has 0 aromatic heterocycles. The Labute approximate surface area is 121 Å². The normalized spacial score (nSPS) is 24.2. The molecule has 0 unspecified atom stereocenters. The lowest BCUT2D eigenvalue weighted by atomic mass is 9.91. The average Bonchev–Trinajstić information content (AvgIpc) is 2.69. The fraction of sp³-hybridized carbons (Fsp3) is 0.923. The van der Waals surface area contributed by atoms with Gasteiger partial charge in [0.2, 0.25) is 5.91 Å². The van der Waals surface area contributed by atoms with Crippen molar-refractivity contribution < 1.29 is 17.9 Å². The van der Waals surface area contributed by atoms with Crippen LogP contribution < -0.4 is 5.32 Å². The highest BCUT2D eigenvalue weighted by Gasteiger charge is 2.35. The summed E-state index contributed by atoms with van der Waals surface area (Å²) >= 11 is 0. The van der Waals surface area contributed by atoms with Crippen molar-refractivity contribution in [3.05, 3.63) is 0 Å². The molecule has 1 saturated heterocycles. The van der Waals surface area contributed by atoms with Crippen LogP contribution in [0.5, 0.6) is 0 Å². The van der Waals surface area contributed by atoms with E-state index in [-0.39, 0.29) is 24.3 Å². The zero-order valence-corrected chi connectivity index (χ0v) is 13.6. The van der Waals surface area contributed by atoms with Crippen molar-refractivity contribution in [2.24, 2.45) is 11.8 Å². The fourth-order valence-electron chi connectivity index (χ4n) is 2.60. The minimum atomic E-state index is -2.95. The van der Waals surface area contributed by atoms with Crippen LogP contribution in [0.2, 0.25) is 0 Å². The third-order valence-corrected chi connectivity index (χ3v) is 4.62. The molecule has 0 bridgehead atoms. The fourth-order valence-corrected chi connectivity index (χ4v) is 3.19. The number of hydrogen-bond donors (Lipinski definition) is 1. The highest BCUT2D eigenvalue weighted by atomic mass is 32.2. The van der Waals surface area contributed by atoms with Crippen LogP contribution in [-0.2, 0) is 19.4 Å². The molecule has 1 aliphatic heterocycles. The summed E-state index contributed by atoms with van der Waals surface area (Å²) in [5.41, 5.74) is 0. The molecule has 0 aromatic carbocycles. The van der Waals surface area contributed by atoms with Gasteiger partial charge in [-0.05, 0) is 11.8 Å². The van der Waals surface area contributed by atoms with Gasteiger partial charge in [-0.25, -0.2) is 8.42 Å². The molecule has 1 heterocycles. The molecule has 118 valence electrons. The predicted molar refractivity (Wildman–Crippen MR) is 78.3 cm³/mol. The van der Waals surface area contributed by atoms with Crippen molar-refractivity contribution in [1.29, 1.82) is 0 Å². The van der Waals surface area contributed by atoms with Gasteiger partial charge in [-0.15, -0.1) is 0 Å². The van der Waals surface area contributed by atoms with Gasteiger partial charge in [-0.3, -0.25) is 9.69 Å². The van der Waals surface area contributed by atoms with Gasteiger partial charge < -0.3 is 10.1 Å². The first kappa shape index (κ1) is 17.4. The van der Waals surface area contributed by atoms with Crippen LogP contribution in [0.1, 0.15) is 13.8 Å². The molecule has 1 aliphatic rings. The summed E-state index contributed by atoms with van der Waals surface area (Å²) in [5, 5.41) is 2.98. The molecule has 1 rings (SSSR count). The molecular weight excluding hydrogens is 280 g/mol. The van der Waals surface area contributed by atoms with E-state index in [1.54, 1.807) is 0 Å². The number of rotatable bonds is 7.